The number of anilines is 1. The Hall–Kier alpha value is -3.98. The molecule has 3 aromatic heterocycles. The standard InChI is InChI=1S/C25H24ClN7O2/c1-3-21(34)32-13-18(8-4-15(32)2)33-25-22(24(27)29-14-30-25)23(31-33)16-5-9-19(10-6-16)35-20-11-7-17(26)12-28-20/h3,5-7,9-12,14-15,18H,1,4,8,13H2,2H3,(H2,27,29,30)/t15-,18+/m1/s1. The van der Waals surface area contributed by atoms with E-state index in [4.69, 9.17) is 27.2 Å². The van der Waals surface area contributed by atoms with Crippen LogP contribution >= 0.6 is 11.6 Å². The summed E-state index contributed by atoms with van der Waals surface area (Å²) in [6.07, 6.45) is 6.04. The van der Waals surface area contributed by atoms with E-state index in [1.807, 2.05) is 40.8 Å². The van der Waals surface area contributed by atoms with Crippen molar-refractivity contribution in [3.63, 3.8) is 0 Å². The fraction of sp³-hybridized carbons (Fsp3) is 0.240. The van der Waals surface area contributed by atoms with Gasteiger partial charge in [0.2, 0.25) is 11.8 Å². The van der Waals surface area contributed by atoms with E-state index in [2.05, 4.69) is 21.5 Å². The lowest BCUT2D eigenvalue weighted by Crippen LogP contribution is -2.45. The summed E-state index contributed by atoms with van der Waals surface area (Å²) in [5.41, 5.74) is 8.43. The van der Waals surface area contributed by atoms with Crippen molar-refractivity contribution >= 4 is 34.4 Å². The van der Waals surface area contributed by atoms with Crippen molar-refractivity contribution < 1.29 is 9.53 Å². The molecule has 0 saturated carbocycles. The smallest absolute Gasteiger partial charge is 0.246 e. The van der Waals surface area contributed by atoms with Crippen molar-refractivity contribution in [2.24, 2.45) is 0 Å². The number of nitrogen functional groups attached to an aromatic ring is 1. The normalized spacial score (nSPS) is 17.9. The van der Waals surface area contributed by atoms with Gasteiger partial charge in [0, 0.05) is 30.4 Å². The predicted molar refractivity (Wildman–Crippen MR) is 134 cm³/mol. The van der Waals surface area contributed by atoms with Gasteiger partial charge < -0.3 is 15.4 Å². The largest absolute Gasteiger partial charge is 0.439 e. The topological polar surface area (TPSA) is 112 Å². The maximum Gasteiger partial charge on any atom is 0.246 e. The number of hydrogen-bond donors (Lipinski definition) is 1. The summed E-state index contributed by atoms with van der Waals surface area (Å²) in [6.45, 7) is 6.21. The Morgan fingerprint density at radius 3 is 2.69 bits per heavy atom. The molecule has 0 aliphatic carbocycles. The summed E-state index contributed by atoms with van der Waals surface area (Å²) < 4.78 is 7.68. The molecule has 2 N–H and O–H groups in total. The molecule has 2 atom stereocenters. The van der Waals surface area contributed by atoms with E-state index in [9.17, 15) is 4.79 Å². The lowest BCUT2D eigenvalue weighted by molar-refractivity contribution is -0.130. The molecule has 1 aliphatic heterocycles. The second-order valence-corrected chi connectivity index (χ2v) is 8.90. The maximum atomic E-state index is 12.4. The van der Waals surface area contributed by atoms with Gasteiger partial charge in [-0.1, -0.05) is 18.2 Å². The van der Waals surface area contributed by atoms with Crippen LogP contribution < -0.4 is 10.5 Å². The number of halogens is 1. The lowest BCUT2D eigenvalue weighted by Gasteiger charge is -2.37. The first-order chi connectivity index (χ1) is 16.9. The molecule has 1 fully saturated rings. The van der Waals surface area contributed by atoms with Crippen LogP contribution in [0.2, 0.25) is 5.02 Å². The molecule has 1 aliphatic rings. The lowest BCUT2D eigenvalue weighted by atomic mass is 9.99. The molecule has 4 aromatic rings. The Morgan fingerprint density at radius 2 is 1.97 bits per heavy atom. The molecule has 1 saturated heterocycles. The zero-order chi connectivity index (χ0) is 24.5. The molecular weight excluding hydrogens is 466 g/mol. The van der Waals surface area contributed by atoms with Crippen LogP contribution in [0.25, 0.3) is 22.3 Å². The van der Waals surface area contributed by atoms with Gasteiger partial charge in [0.05, 0.1) is 16.5 Å². The number of benzene rings is 1. The van der Waals surface area contributed by atoms with E-state index in [0.29, 0.717) is 45.7 Å². The Bertz CT molecular complexity index is 1390. The SMILES string of the molecule is C=CC(=O)N1C[C@@H](n2nc(-c3ccc(Oc4ccc(Cl)cn4)cc3)c3c(N)ncnc32)CC[C@H]1C. The van der Waals surface area contributed by atoms with Crippen LogP contribution in [0.4, 0.5) is 5.82 Å². The second kappa shape index (κ2) is 9.34. The van der Waals surface area contributed by atoms with Gasteiger partial charge in [-0.05, 0) is 56.2 Å². The van der Waals surface area contributed by atoms with E-state index >= 15 is 0 Å². The van der Waals surface area contributed by atoms with Crippen LogP contribution in [0, 0.1) is 0 Å². The van der Waals surface area contributed by atoms with Crippen molar-refractivity contribution in [3.8, 4) is 22.9 Å². The summed E-state index contributed by atoms with van der Waals surface area (Å²) >= 11 is 5.89. The average Bonchev–Trinajstić information content (AvgIpc) is 3.27. The van der Waals surface area contributed by atoms with Gasteiger partial charge in [-0.3, -0.25) is 4.79 Å². The minimum Gasteiger partial charge on any atom is -0.439 e. The van der Waals surface area contributed by atoms with Crippen LogP contribution in [0.5, 0.6) is 11.6 Å². The highest BCUT2D eigenvalue weighted by molar-refractivity contribution is 6.30. The van der Waals surface area contributed by atoms with Gasteiger partial charge in [0.15, 0.2) is 5.65 Å². The molecule has 5 rings (SSSR count). The number of amides is 1. The number of ether oxygens (including phenoxy) is 1. The Morgan fingerprint density at radius 1 is 1.17 bits per heavy atom. The summed E-state index contributed by atoms with van der Waals surface area (Å²) in [6, 6.07) is 11.0. The molecule has 0 radical (unpaired) electrons. The number of piperidine rings is 1. The zero-order valence-corrected chi connectivity index (χ0v) is 19.9. The molecule has 4 heterocycles. The monoisotopic (exact) mass is 489 g/mol. The molecule has 9 nitrogen and oxygen atoms in total. The highest BCUT2D eigenvalue weighted by Gasteiger charge is 2.31. The van der Waals surface area contributed by atoms with Crippen molar-refractivity contribution in [1.29, 1.82) is 0 Å². The van der Waals surface area contributed by atoms with E-state index in [-0.39, 0.29) is 18.0 Å². The third-order valence-corrected chi connectivity index (χ3v) is 6.45. The quantitative estimate of drug-likeness (QED) is 0.406. The number of pyridine rings is 1. The van der Waals surface area contributed by atoms with E-state index in [0.717, 1.165) is 18.4 Å². The molecule has 0 spiro atoms. The van der Waals surface area contributed by atoms with Crippen molar-refractivity contribution in [2.45, 2.75) is 31.8 Å². The zero-order valence-electron chi connectivity index (χ0n) is 19.1. The summed E-state index contributed by atoms with van der Waals surface area (Å²) in [4.78, 5) is 27.1. The number of fused-ring (bicyclic) bond motifs is 1. The number of likely N-dealkylation sites (tertiary alicyclic amines) is 1. The van der Waals surface area contributed by atoms with Gasteiger partial charge >= 0.3 is 0 Å². The number of rotatable bonds is 5. The van der Waals surface area contributed by atoms with Crippen LogP contribution in [-0.2, 0) is 4.79 Å². The van der Waals surface area contributed by atoms with Crippen molar-refractivity contribution in [2.75, 3.05) is 12.3 Å². The van der Waals surface area contributed by atoms with Gasteiger partial charge in [-0.2, -0.15) is 5.10 Å². The Kier molecular flexibility index (Phi) is 6.08. The number of nitrogens with two attached hydrogens (primary N) is 1. The number of carbonyl (C=O) groups excluding carboxylic acids is 1. The van der Waals surface area contributed by atoms with Crippen molar-refractivity contribution in [1.82, 2.24) is 29.6 Å². The van der Waals surface area contributed by atoms with E-state index in [1.54, 1.807) is 12.1 Å². The first kappa shape index (κ1) is 22.8. The molecule has 1 aromatic carbocycles. The number of carbonyl (C=O) groups is 1. The molecule has 178 valence electrons. The molecule has 10 heteroatoms. The minimum absolute atomic E-state index is 0.0424. The molecule has 0 bridgehead atoms. The first-order valence-electron chi connectivity index (χ1n) is 11.3. The van der Waals surface area contributed by atoms with Crippen LogP contribution in [0.15, 0.2) is 61.6 Å². The van der Waals surface area contributed by atoms with Crippen LogP contribution in [0.3, 0.4) is 0 Å². The third-order valence-electron chi connectivity index (χ3n) is 6.23. The summed E-state index contributed by atoms with van der Waals surface area (Å²) in [5.74, 6) is 1.33. The van der Waals surface area contributed by atoms with Gasteiger partial charge in [0.25, 0.3) is 0 Å². The van der Waals surface area contributed by atoms with E-state index in [1.165, 1.54) is 18.6 Å². The molecule has 0 unspecified atom stereocenters. The highest BCUT2D eigenvalue weighted by Crippen LogP contribution is 2.35. The fourth-order valence-electron chi connectivity index (χ4n) is 4.39. The fourth-order valence-corrected chi connectivity index (χ4v) is 4.50. The predicted octanol–water partition coefficient (Wildman–Crippen LogP) is 4.65. The summed E-state index contributed by atoms with van der Waals surface area (Å²) in [5, 5.41) is 6.14. The minimum atomic E-state index is -0.0845. The van der Waals surface area contributed by atoms with Gasteiger partial charge in [-0.15, -0.1) is 0 Å². The number of aromatic nitrogens is 5. The number of nitrogens with zero attached hydrogens (tertiary/aromatic N) is 6. The molecule has 1 amide bonds. The van der Waals surface area contributed by atoms with E-state index < -0.39 is 0 Å². The Labute approximate surface area is 207 Å². The van der Waals surface area contributed by atoms with Gasteiger partial charge in [-0.25, -0.2) is 19.6 Å². The Balaban J connectivity index is 1.49. The third kappa shape index (κ3) is 4.42. The van der Waals surface area contributed by atoms with Crippen LogP contribution in [-0.4, -0.2) is 48.1 Å². The molecule has 35 heavy (non-hydrogen) atoms. The molecular formula is C25H24ClN7O2. The van der Waals surface area contributed by atoms with Crippen molar-refractivity contribution in [3.05, 3.63) is 66.6 Å². The summed E-state index contributed by atoms with van der Waals surface area (Å²) in [7, 11) is 0. The highest BCUT2D eigenvalue weighted by atomic mass is 35.5. The van der Waals surface area contributed by atoms with Gasteiger partial charge in [0.1, 0.15) is 23.6 Å². The first-order valence-corrected chi connectivity index (χ1v) is 11.6. The number of hydrogen-bond acceptors (Lipinski definition) is 7. The average molecular weight is 490 g/mol. The maximum absolute atomic E-state index is 12.4. The van der Waals surface area contributed by atoms with Crippen LogP contribution in [0.1, 0.15) is 25.8 Å². The second-order valence-electron chi connectivity index (χ2n) is 8.47.